The number of benzene rings is 2. The van der Waals surface area contributed by atoms with Gasteiger partial charge in [0, 0.05) is 30.5 Å². The zero-order chi connectivity index (χ0) is 16.9. The van der Waals surface area contributed by atoms with Crippen LogP contribution in [-0.2, 0) is 17.8 Å². The van der Waals surface area contributed by atoms with Crippen LogP contribution in [0.15, 0.2) is 54.7 Å². The molecule has 1 heterocycles. The number of anilines is 2. The van der Waals surface area contributed by atoms with Crippen LogP contribution < -0.4 is 11.1 Å². The van der Waals surface area contributed by atoms with E-state index in [1.54, 1.807) is 0 Å². The topological polar surface area (TPSA) is 60.0 Å². The molecule has 24 heavy (non-hydrogen) atoms. The Morgan fingerprint density at radius 2 is 2.00 bits per heavy atom. The summed E-state index contributed by atoms with van der Waals surface area (Å²) in [5, 5.41) is 4.18. The van der Waals surface area contributed by atoms with Gasteiger partial charge >= 0.3 is 0 Å². The number of nitrogens with zero attached hydrogens (tertiary/aromatic N) is 1. The fraction of sp³-hybridized carbons (Fsp3) is 0.250. The molecular weight excluding hydrogens is 298 g/mol. The van der Waals surface area contributed by atoms with Crippen LogP contribution in [0.25, 0.3) is 10.9 Å². The van der Waals surface area contributed by atoms with Gasteiger partial charge in [0.2, 0.25) is 5.91 Å². The van der Waals surface area contributed by atoms with Crippen molar-refractivity contribution >= 4 is 28.2 Å². The molecule has 3 N–H and O–H groups in total. The zero-order valence-electron chi connectivity index (χ0n) is 14.0. The van der Waals surface area contributed by atoms with Gasteiger partial charge in [0.05, 0.1) is 5.52 Å². The van der Waals surface area contributed by atoms with E-state index in [0.717, 1.165) is 35.4 Å². The van der Waals surface area contributed by atoms with Gasteiger partial charge in [0.1, 0.15) is 0 Å². The molecule has 0 spiro atoms. The van der Waals surface area contributed by atoms with E-state index in [1.165, 1.54) is 5.39 Å². The molecule has 2 aromatic carbocycles. The number of aryl methyl sites for hydroxylation is 2. The molecule has 1 aromatic heterocycles. The normalized spacial score (nSPS) is 10.9. The second-order valence-electron chi connectivity index (χ2n) is 6.03. The van der Waals surface area contributed by atoms with Crippen LogP contribution in [-0.4, -0.2) is 10.5 Å². The molecule has 0 fully saturated rings. The van der Waals surface area contributed by atoms with Gasteiger partial charge in [-0.2, -0.15) is 0 Å². The molecule has 0 atom stereocenters. The van der Waals surface area contributed by atoms with Crippen LogP contribution in [0.1, 0.15) is 25.3 Å². The van der Waals surface area contributed by atoms with Gasteiger partial charge in [-0.1, -0.05) is 31.2 Å². The molecule has 3 aromatic rings. The number of carbonyl (C=O) groups is 1. The highest BCUT2D eigenvalue weighted by atomic mass is 16.1. The Balaban J connectivity index is 1.66. The van der Waals surface area contributed by atoms with Crippen molar-refractivity contribution in [1.82, 2.24) is 4.57 Å². The summed E-state index contributed by atoms with van der Waals surface area (Å²) in [6.07, 6.45) is 4.24. The van der Waals surface area contributed by atoms with E-state index in [9.17, 15) is 4.79 Å². The molecule has 0 aliphatic heterocycles. The number of para-hydroxylation sites is 1. The number of rotatable bonds is 6. The maximum atomic E-state index is 12.2. The summed E-state index contributed by atoms with van der Waals surface area (Å²) >= 11 is 0. The maximum absolute atomic E-state index is 12.2. The number of nitrogens with two attached hydrogens (primary N) is 1. The van der Waals surface area contributed by atoms with E-state index in [-0.39, 0.29) is 5.91 Å². The maximum Gasteiger partial charge on any atom is 0.224 e. The number of carbonyl (C=O) groups excluding carboxylic acids is 1. The lowest BCUT2D eigenvalue weighted by atomic mass is 10.1. The molecule has 0 unspecified atom stereocenters. The van der Waals surface area contributed by atoms with Crippen LogP contribution in [0.2, 0.25) is 0 Å². The van der Waals surface area contributed by atoms with Crippen molar-refractivity contribution in [3.63, 3.8) is 0 Å². The predicted octanol–water partition coefficient (Wildman–Crippen LogP) is 4.20. The van der Waals surface area contributed by atoms with Crippen molar-refractivity contribution in [2.45, 2.75) is 32.7 Å². The fourth-order valence-corrected chi connectivity index (χ4v) is 2.93. The summed E-state index contributed by atoms with van der Waals surface area (Å²) in [6, 6.07) is 15.8. The highest BCUT2D eigenvalue weighted by Crippen LogP contribution is 2.21. The Kier molecular flexibility index (Phi) is 4.85. The largest absolute Gasteiger partial charge is 0.399 e. The van der Waals surface area contributed by atoms with Gasteiger partial charge < -0.3 is 15.6 Å². The summed E-state index contributed by atoms with van der Waals surface area (Å²) < 4.78 is 2.22. The van der Waals surface area contributed by atoms with Gasteiger partial charge in [-0.25, -0.2) is 0 Å². The van der Waals surface area contributed by atoms with Gasteiger partial charge in [-0.05, 0) is 48.1 Å². The summed E-state index contributed by atoms with van der Waals surface area (Å²) in [4.78, 5) is 12.2. The van der Waals surface area contributed by atoms with Crippen molar-refractivity contribution in [2.75, 3.05) is 11.1 Å². The number of fused-ring (bicyclic) bond motifs is 1. The average molecular weight is 321 g/mol. The van der Waals surface area contributed by atoms with Gasteiger partial charge in [0.25, 0.3) is 0 Å². The Bertz CT molecular complexity index is 851. The molecule has 0 saturated heterocycles. The fourth-order valence-electron chi connectivity index (χ4n) is 2.93. The lowest BCUT2D eigenvalue weighted by Crippen LogP contribution is -2.12. The lowest BCUT2D eigenvalue weighted by molar-refractivity contribution is -0.116. The first kappa shape index (κ1) is 16.1. The monoisotopic (exact) mass is 321 g/mol. The molecular formula is C20H23N3O. The quantitative estimate of drug-likeness (QED) is 0.668. The molecule has 0 saturated carbocycles. The van der Waals surface area contributed by atoms with E-state index in [2.05, 4.69) is 29.1 Å². The predicted molar refractivity (Wildman–Crippen MR) is 100 cm³/mol. The molecule has 0 radical (unpaired) electrons. The summed E-state index contributed by atoms with van der Waals surface area (Å²) in [5.74, 6) is 0.00574. The van der Waals surface area contributed by atoms with Crippen LogP contribution in [0.5, 0.6) is 0 Å². The van der Waals surface area contributed by atoms with Gasteiger partial charge in [-0.3, -0.25) is 4.79 Å². The van der Waals surface area contributed by atoms with Crippen LogP contribution in [0.3, 0.4) is 0 Å². The van der Waals surface area contributed by atoms with Crippen LogP contribution >= 0.6 is 0 Å². The number of nitrogens with one attached hydrogen (secondary N) is 1. The summed E-state index contributed by atoms with van der Waals surface area (Å²) in [6.45, 7) is 3.14. The number of hydrogen-bond donors (Lipinski definition) is 2. The summed E-state index contributed by atoms with van der Waals surface area (Å²) in [7, 11) is 0. The smallest absolute Gasteiger partial charge is 0.224 e. The third kappa shape index (κ3) is 3.59. The SMILES string of the molecule is CCCn1ccc2ccc(NC(=O)CCc3ccccc3N)cc21. The number of amides is 1. The second-order valence-corrected chi connectivity index (χ2v) is 6.03. The molecule has 0 aliphatic rings. The first-order chi connectivity index (χ1) is 11.7. The molecule has 0 bridgehead atoms. The number of aromatic nitrogens is 1. The van der Waals surface area contributed by atoms with Crippen molar-refractivity contribution in [2.24, 2.45) is 0 Å². The Morgan fingerprint density at radius 1 is 1.17 bits per heavy atom. The van der Waals surface area contributed by atoms with Crippen LogP contribution in [0.4, 0.5) is 11.4 Å². The minimum atomic E-state index is 0.00574. The molecule has 0 aliphatic carbocycles. The van der Waals surface area contributed by atoms with Crippen molar-refractivity contribution in [3.8, 4) is 0 Å². The third-order valence-corrected chi connectivity index (χ3v) is 4.20. The van der Waals surface area contributed by atoms with E-state index >= 15 is 0 Å². The highest BCUT2D eigenvalue weighted by molar-refractivity contribution is 5.94. The molecule has 4 nitrogen and oxygen atoms in total. The third-order valence-electron chi connectivity index (χ3n) is 4.20. The molecule has 124 valence electrons. The Hall–Kier alpha value is -2.75. The average Bonchev–Trinajstić information content (AvgIpc) is 2.97. The van der Waals surface area contributed by atoms with Crippen molar-refractivity contribution < 1.29 is 4.79 Å². The van der Waals surface area contributed by atoms with Gasteiger partial charge in [0.15, 0.2) is 0 Å². The minimum Gasteiger partial charge on any atom is -0.399 e. The Labute approximate surface area is 142 Å². The van der Waals surface area contributed by atoms with E-state index in [1.807, 2.05) is 42.5 Å². The van der Waals surface area contributed by atoms with Crippen molar-refractivity contribution in [3.05, 3.63) is 60.3 Å². The molecule has 1 amide bonds. The minimum absolute atomic E-state index is 0.00574. The van der Waals surface area contributed by atoms with E-state index in [0.29, 0.717) is 12.8 Å². The van der Waals surface area contributed by atoms with Crippen LogP contribution in [0, 0.1) is 0 Å². The lowest BCUT2D eigenvalue weighted by Gasteiger charge is -2.08. The first-order valence-electron chi connectivity index (χ1n) is 8.39. The Morgan fingerprint density at radius 3 is 2.79 bits per heavy atom. The summed E-state index contributed by atoms with van der Waals surface area (Å²) in [5.41, 5.74) is 9.67. The second kappa shape index (κ2) is 7.21. The zero-order valence-corrected chi connectivity index (χ0v) is 14.0. The van der Waals surface area contributed by atoms with Gasteiger partial charge in [-0.15, -0.1) is 0 Å². The highest BCUT2D eigenvalue weighted by Gasteiger charge is 2.07. The molecule has 3 rings (SSSR count). The molecule has 4 heteroatoms. The number of hydrogen-bond acceptors (Lipinski definition) is 2. The first-order valence-corrected chi connectivity index (χ1v) is 8.39. The number of nitrogen functional groups attached to an aromatic ring is 1. The van der Waals surface area contributed by atoms with E-state index < -0.39 is 0 Å². The standard InChI is InChI=1S/C20H23N3O/c1-2-12-23-13-11-16-7-9-17(14-19(16)23)22-20(24)10-8-15-5-3-4-6-18(15)21/h3-7,9,11,13-14H,2,8,10,12,21H2,1H3,(H,22,24). The van der Waals surface area contributed by atoms with E-state index in [4.69, 9.17) is 5.73 Å². The van der Waals surface area contributed by atoms with Crippen molar-refractivity contribution in [1.29, 1.82) is 0 Å².